The lowest BCUT2D eigenvalue weighted by Crippen LogP contribution is -2.29. The molecule has 2 heterocycles. The van der Waals surface area contributed by atoms with Gasteiger partial charge in [-0.2, -0.15) is 0 Å². The Labute approximate surface area is 265 Å². The summed E-state index contributed by atoms with van der Waals surface area (Å²) in [5, 5.41) is 13.7. The molecule has 45 heavy (non-hydrogen) atoms. The molecule has 1 amide bonds. The number of aromatic nitrogens is 1. The molecule has 1 aliphatic heterocycles. The van der Waals surface area contributed by atoms with Crippen LogP contribution in [0.1, 0.15) is 33.3 Å². The molecule has 0 radical (unpaired) electrons. The zero-order chi connectivity index (χ0) is 31.8. The molecule has 1 atom stereocenters. The molecular formula is C34H32ClFN2O7. The zero-order valence-corrected chi connectivity index (χ0v) is 25.5. The average molecular weight is 635 g/mol. The smallest absolute Gasteiger partial charge is 0.251 e. The number of pyridine rings is 1. The van der Waals surface area contributed by atoms with Crippen molar-refractivity contribution in [3.8, 4) is 34.3 Å². The highest BCUT2D eigenvalue weighted by atomic mass is 35.5. The van der Waals surface area contributed by atoms with E-state index >= 15 is 0 Å². The fraction of sp³-hybridized carbons (Fsp3) is 0.235. The molecule has 0 saturated heterocycles. The number of rotatable bonds is 13. The Bertz CT molecular complexity index is 1680. The predicted octanol–water partition coefficient (Wildman–Crippen LogP) is 6.02. The van der Waals surface area contributed by atoms with Gasteiger partial charge in [0.2, 0.25) is 0 Å². The van der Waals surface area contributed by atoms with Crippen molar-refractivity contribution in [2.45, 2.75) is 12.7 Å². The van der Waals surface area contributed by atoms with Gasteiger partial charge in [-0.15, -0.1) is 0 Å². The molecule has 5 rings (SSSR count). The molecule has 9 nitrogen and oxygen atoms in total. The first-order valence-corrected chi connectivity index (χ1v) is 14.5. The summed E-state index contributed by atoms with van der Waals surface area (Å²) in [6.07, 6.45) is 2.54. The molecule has 234 valence electrons. The summed E-state index contributed by atoms with van der Waals surface area (Å²) in [5.41, 5.74) is 3.27. The fourth-order valence-electron chi connectivity index (χ4n) is 4.61. The number of nitrogens with one attached hydrogen (secondary N) is 1. The molecular weight excluding hydrogens is 603 g/mol. The second-order valence-corrected chi connectivity index (χ2v) is 10.4. The number of fused-ring (bicyclic) bond motifs is 1. The van der Waals surface area contributed by atoms with Gasteiger partial charge < -0.3 is 34.1 Å². The van der Waals surface area contributed by atoms with Crippen LogP contribution >= 0.6 is 11.6 Å². The Morgan fingerprint density at radius 1 is 1.04 bits per heavy atom. The van der Waals surface area contributed by atoms with Crippen molar-refractivity contribution in [3.05, 3.63) is 106 Å². The van der Waals surface area contributed by atoms with Gasteiger partial charge in [0.05, 0.1) is 38.1 Å². The van der Waals surface area contributed by atoms with Crippen molar-refractivity contribution in [3.63, 3.8) is 0 Å². The molecule has 2 N–H and O–H groups in total. The van der Waals surface area contributed by atoms with E-state index in [2.05, 4.69) is 10.3 Å². The Hall–Kier alpha value is -4.64. The minimum Gasteiger partial charge on any atom is -0.497 e. The van der Waals surface area contributed by atoms with Crippen LogP contribution in [0, 0.1) is 5.82 Å². The van der Waals surface area contributed by atoms with Gasteiger partial charge in [0.25, 0.3) is 5.91 Å². The first kappa shape index (κ1) is 31.8. The Morgan fingerprint density at radius 2 is 1.87 bits per heavy atom. The zero-order valence-electron chi connectivity index (χ0n) is 24.7. The van der Waals surface area contributed by atoms with E-state index in [9.17, 15) is 14.3 Å². The number of amides is 1. The summed E-state index contributed by atoms with van der Waals surface area (Å²) in [7, 11) is 3.11. The van der Waals surface area contributed by atoms with Gasteiger partial charge in [-0.1, -0.05) is 29.8 Å². The highest BCUT2D eigenvalue weighted by Crippen LogP contribution is 2.37. The van der Waals surface area contributed by atoms with E-state index in [1.807, 2.05) is 36.4 Å². The number of benzene rings is 3. The van der Waals surface area contributed by atoms with E-state index in [1.165, 1.54) is 19.2 Å². The summed E-state index contributed by atoms with van der Waals surface area (Å²) in [6, 6.07) is 18.4. The number of aliphatic hydroxyl groups excluding tert-OH is 1. The normalized spacial score (nSPS) is 12.6. The quantitative estimate of drug-likeness (QED) is 0.172. The first-order chi connectivity index (χ1) is 21.9. The van der Waals surface area contributed by atoms with E-state index in [1.54, 1.807) is 37.4 Å². The third kappa shape index (κ3) is 7.91. The number of hydrogen-bond donors (Lipinski definition) is 2. The van der Waals surface area contributed by atoms with Crippen LogP contribution in [-0.2, 0) is 11.3 Å². The van der Waals surface area contributed by atoms with Crippen LogP contribution in [0.4, 0.5) is 4.39 Å². The van der Waals surface area contributed by atoms with Gasteiger partial charge in [0, 0.05) is 23.2 Å². The topological polar surface area (TPSA) is 108 Å². The summed E-state index contributed by atoms with van der Waals surface area (Å²) in [6.45, 7) is 1.29. The number of carbonyl (C=O) groups is 1. The average Bonchev–Trinajstić information content (AvgIpc) is 3.07. The van der Waals surface area contributed by atoms with Crippen LogP contribution < -0.4 is 24.3 Å². The fourth-order valence-corrected chi connectivity index (χ4v) is 4.79. The minimum absolute atomic E-state index is 0.0578. The van der Waals surface area contributed by atoms with Crippen molar-refractivity contribution in [2.24, 2.45) is 0 Å². The van der Waals surface area contributed by atoms with Crippen LogP contribution in [0.2, 0.25) is 5.02 Å². The number of ether oxygens (including phenoxy) is 5. The lowest BCUT2D eigenvalue weighted by Gasteiger charge is -2.20. The molecule has 0 spiro atoms. The molecule has 0 saturated carbocycles. The van der Waals surface area contributed by atoms with Crippen LogP contribution in [0.5, 0.6) is 23.0 Å². The SMILES string of the molecule is COc1ccc(COCCOc2ccc(C(=O)NCC(O)c3cc4c(c(-c5ccc(F)c(Cl)c5)n3)OCC=C4)cc2OC)cc1. The summed E-state index contributed by atoms with van der Waals surface area (Å²) in [4.78, 5) is 17.6. The largest absolute Gasteiger partial charge is 0.497 e. The van der Waals surface area contributed by atoms with E-state index in [4.69, 9.17) is 35.3 Å². The second kappa shape index (κ2) is 14.9. The Morgan fingerprint density at radius 3 is 2.62 bits per heavy atom. The number of hydrogen-bond acceptors (Lipinski definition) is 8. The maximum absolute atomic E-state index is 13.8. The van der Waals surface area contributed by atoms with Gasteiger partial charge >= 0.3 is 0 Å². The highest BCUT2D eigenvalue weighted by Gasteiger charge is 2.21. The molecule has 0 fully saturated rings. The van der Waals surface area contributed by atoms with Gasteiger partial charge in [0.15, 0.2) is 17.2 Å². The van der Waals surface area contributed by atoms with Crippen molar-refractivity contribution < 1.29 is 38.0 Å². The minimum atomic E-state index is -1.15. The maximum Gasteiger partial charge on any atom is 0.251 e. The van der Waals surface area contributed by atoms with Crippen molar-refractivity contribution in [1.29, 1.82) is 0 Å². The molecule has 0 bridgehead atoms. The molecule has 11 heteroatoms. The first-order valence-electron chi connectivity index (χ1n) is 14.1. The maximum atomic E-state index is 13.8. The lowest BCUT2D eigenvalue weighted by molar-refractivity contribution is 0.0877. The molecule has 3 aromatic carbocycles. The van der Waals surface area contributed by atoms with E-state index in [-0.39, 0.29) is 18.2 Å². The Kier molecular flexibility index (Phi) is 10.5. The lowest BCUT2D eigenvalue weighted by atomic mass is 10.0. The summed E-state index contributed by atoms with van der Waals surface area (Å²) < 4.78 is 41.7. The molecule has 1 aliphatic rings. The molecule has 4 aromatic rings. The number of halogens is 2. The number of carbonyl (C=O) groups excluding carboxylic acids is 1. The Balaban J connectivity index is 1.18. The molecule has 1 aromatic heterocycles. The number of aliphatic hydroxyl groups is 1. The van der Waals surface area contributed by atoms with Crippen molar-refractivity contribution in [2.75, 3.05) is 40.6 Å². The van der Waals surface area contributed by atoms with Crippen molar-refractivity contribution >= 4 is 23.6 Å². The summed E-state index contributed by atoms with van der Waals surface area (Å²) >= 11 is 6.01. The third-order valence-corrected chi connectivity index (χ3v) is 7.26. The summed E-state index contributed by atoms with van der Waals surface area (Å²) in [5.74, 6) is 1.14. The van der Waals surface area contributed by atoms with E-state index in [0.29, 0.717) is 65.1 Å². The van der Waals surface area contributed by atoms with Crippen LogP contribution in [0.15, 0.2) is 72.8 Å². The van der Waals surface area contributed by atoms with Gasteiger partial charge in [-0.25, -0.2) is 9.37 Å². The number of nitrogens with zero attached hydrogens (tertiary/aromatic N) is 1. The van der Waals surface area contributed by atoms with E-state index < -0.39 is 17.8 Å². The molecule has 1 unspecified atom stereocenters. The third-order valence-electron chi connectivity index (χ3n) is 6.97. The van der Waals surface area contributed by atoms with Gasteiger partial charge in [0.1, 0.15) is 36.6 Å². The van der Waals surface area contributed by atoms with E-state index in [0.717, 1.165) is 11.3 Å². The molecule has 0 aliphatic carbocycles. The van der Waals surface area contributed by atoms with Crippen LogP contribution in [0.25, 0.3) is 17.3 Å². The van der Waals surface area contributed by atoms with Crippen molar-refractivity contribution in [1.82, 2.24) is 10.3 Å². The second-order valence-electron chi connectivity index (χ2n) is 10.00. The van der Waals surface area contributed by atoms with Crippen LogP contribution in [-0.4, -0.2) is 56.6 Å². The van der Waals surface area contributed by atoms with Gasteiger partial charge in [-0.05, 0) is 66.2 Å². The highest BCUT2D eigenvalue weighted by molar-refractivity contribution is 6.31. The predicted molar refractivity (Wildman–Crippen MR) is 168 cm³/mol. The standard InChI is InChI=1S/C34H32ClFN2O7/c1-41-25-9-5-21(6-10-25)20-43-14-15-44-30-12-8-24(18-31(30)42-2)34(40)37-19-29(39)28-17-23-4-3-13-45-33(23)32(38-28)22-7-11-27(36)26(35)16-22/h3-12,16-18,29,39H,13-15,19-20H2,1-2H3,(H,37,40). The monoisotopic (exact) mass is 634 g/mol. The number of methoxy groups -OCH3 is 2. The van der Waals surface area contributed by atoms with Crippen LogP contribution in [0.3, 0.4) is 0 Å². The van der Waals surface area contributed by atoms with Gasteiger partial charge in [-0.3, -0.25) is 4.79 Å².